The Kier molecular flexibility index (Phi) is 4.95. The first-order valence-electron chi connectivity index (χ1n) is 6.83. The van der Waals surface area contributed by atoms with Gasteiger partial charge in [0, 0.05) is 43.6 Å². The molecule has 0 aliphatic carbocycles. The standard InChI is InChI=1S/C13H19ClN2O4S/c1-3-15-9-11(21(14,18)19)8-12(15)13(17)16-6-4-10(20-2)5-7-16/h8-10H,3-7H2,1-2H3. The zero-order valence-electron chi connectivity index (χ0n) is 12.1. The number of aryl methyl sites for hydroxylation is 1. The van der Waals surface area contributed by atoms with E-state index in [0.717, 1.165) is 12.8 Å². The van der Waals surface area contributed by atoms with E-state index < -0.39 is 9.05 Å². The molecule has 0 aromatic carbocycles. The third-order valence-corrected chi connectivity index (χ3v) is 5.10. The van der Waals surface area contributed by atoms with Crippen LogP contribution in [-0.2, 0) is 20.3 Å². The number of amides is 1. The lowest BCUT2D eigenvalue weighted by molar-refractivity contribution is 0.0345. The highest BCUT2D eigenvalue weighted by Gasteiger charge is 2.27. The topological polar surface area (TPSA) is 68.6 Å². The van der Waals surface area contributed by atoms with Gasteiger partial charge in [-0.2, -0.15) is 0 Å². The second kappa shape index (κ2) is 6.37. The molecule has 0 unspecified atom stereocenters. The van der Waals surface area contributed by atoms with Crippen LogP contribution in [0.25, 0.3) is 0 Å². The Labute approximate surface area is 129 Å². The first kappa shape index (κ1) is 16.3. The van der Waals surface area contributed by atoms with E-state index in [1.807, 2.05) is 6.92 Å². The SMILES string of the molecule is CCn1cc(S(=O)(=O)Cl)cc1C(=O)N1CCC(OC)CC1. The monoisotopic (exact) mass is 334 g/mol. The maximum atomic E-state index is 12.5. The van der Waals surface area contributed by atoms with Crippen LogP contribution < -0.4 is 0 Å². The number of hydrogen-bond donors (Lipinski definition) is 0. The molecule has 1 fully saturated rings. The molecule has 1 aliphatic rings. The molecule has 118 valence electrons. The molecular weight excluding hydrogens is 316 g/mol. The van der Waals surface area contributed by atoms with E-state index in [9.17, 15) is 13.2 Å². The molecule has 0 saturated carbocycles. The Bertz CT molecular complexity index is 618. The van der Waals surface area contributed by atoms with Crippen molar-refractivity contribution in [2.45, 2.75) is 37.3 Å². The van der Waals surface area contributed by atoms with Crippen LogP contribution in [0.2, 0.25) is 0 Å². The average molecular weight is 335 g/mol. The zero-order chi connectivity index (χ0) is 15.6. The molecule has 1 aromatic rings. The maximum Gasteiger partial charge on any atom is 0.270 e. The van der Waals surface area contributed by atoms with E-state index >= 15 is 0 Å². The maximum absolute atomic E-state index is 12.5. The number of piperidine rings is 1. The van der Waals surface area contributed by atoms with E-state index in [2.05, 4.69) is 0 Å². The van der Waals surface area contributed by atoms with Gasteiger partial charge in [0.05, 0.1) is 6.10 Å². The summed E-state index contributed by atoms with van der Waals surface area (Å²) in [6, 6.07) is 1.34. The van der Waals surface area contributed by atoms with Crippen molar-refractivity contribution in [1.29, 1.82) is 0 Å². The van der Waals surface area contributed by atoms with Crippen LogP contribution in [-0.4, -0.2) is 50.1 Å². The fraction of sp³-hybridized carbons (Fsp3) is 0.615. The van der Waals surface area contributed by atoms with Crippen LogP contribution in [0.4, 0.5) is 0 Å². The van der Waals surface area contributed by atoms with Gasteiger partial charge in [-0.05, 0) is 25.8 Å². The summed E-state index contributed by atoms with van der Waals surface area (Å²) < 4.78 is 29.7. The van der Waals surface area contributed by atoms with Crippen LogP contribution in [0.3, 0.4) is 0 Å². The number of hydrogen-bond acceptors (Lipinski definition) is 4. The largest absolute Gasteiger partial charge is 0.381 e. The summed E-state index contributed by atoms with van der Waals surface area (Å²) in [6.45, 7) is 3.56. The molecular formula is C13H19ClN2O4S. The van der Waals surface area contributed by atoms with Gasteiger partial charge in [-0.15, -0.1) is 0 Å². The van der Waals surface area contributed by atoms with Gasteiger partial charge < -0.3 is 14.2 Å². The van der Waals surface area contributed by atoms with Crippen LogP contribution in [0.15, 0.2) is 17.2 Å². The number of carbonyl (C=O) groups is 1. The van der Waals surface area contributed by atoms with Crippen molar-refractivity contribution in [3.05, 3.63) is 18.0 Å². The lowest BCUT2D eigenvalue weighted by Gasteiger charge is -2.31. The van der Waals surface area contributed by atoms with Crippen molar-refractivity contribution >= 4 is 25.6 Å². The highest BCUT2D eigenvalue weighted by Crippen LogP contribution is 2.21. The summed E-state index contributed by atoms with van der Waals surface area (Å²) in [5.41, 5.74) is 0.354. The summed E-state index contributed by atoms with van der Waals surface area (Å²) in [5.74, 6) is -0.169. The molecule has 1 amide bonds. The number of nitrogens with zero attached hydrogens (tertiary/aromatic N) is 2. The van der Waals surface area contributed by atoms with E-state index in [-0.39, 0.29) is 16.9 Å². The molecule has 6 nitrogen and oxygen atoms in total. The Balaban J connectivity index is 2.21. The summed E-state index contributed by atoms with van der Waals surface area (Å²) >= 11 is 0. The Hall–Kier alpha value is -1.05. The van der Waals surface area contributed by atoms with Crippen molar-refractivity contribution in [1.82, 2.24) is 9.47 Å². The Morgan fingerprint density at radius 2 is 2.05 bits per heavy atom. The van der Waals surface area contributed by atoms with Gasteiger partial charge in [0.25, 0.3) is 15.0 Å². The molecule has 0 bridgehead atoms. The van der Waals surface area contributed by atoms with Gasteiger partial charge >= 0.3 is 0 Å². The number of aromatic nitrogens is 1. The minimum atomic E-state index is -3.83. The van der Waals surface area contributed by atoms with Crippen molar-refractivity contribution in [2.24, 2.45) is 0 Å². The van der Waals surface area contributed by atoms with Gasteiger partial charge in [-0.25, -0.2) is 8.42 Å². The highest BCUT2D eigenvalue weighted by atomic mass is 35.7. The van der Waals surface area contributed by atoms with Gasteiger partial charge in [0.2, 0.25) is 0 Å². The first-order chi connectivity index (χ1) is 9.86. The predicted octanol–water partition coefficient (Wildman–Crippen LogP) is 1.69. The molecule has 1 aromatic heterocycles. The predicted molar refractivity (Wildman–Crippen MR) is 79.1 cm³/mol. The smallest absolute Gasteiger partial charge is 0.270 e. The van der Waals surface area contributed by atoms with Gasteiger partial charge in [-0.3, -0.25) is 4.79 Å². The number of ether oxygens (including phenoxy) is 1. The average Bonchev–Trinajstić information content (AvgIpc) is 2.91. The van der Waals surface area contributed by atoms with Crippen molar-refractivity contribution in [3.8, 4) is 0 Å². The Morgan fingerprint density at radius 1 is 1.43 bits per heavy atom. The lowest BCUT2D eigenvalue weighted by atomic mass is 10.1. The van der Waals surface area contributed by atoms with E-state index in [1.54, 1.807) is 16.6 Å². The highest BCUT2D eigenvalue weighted by molar-refractivity contribution is 8.13. The number of rotatable bonds is 4. The lowest BCUT2D eigenvalue weighted by Crippen LogP contribution is -2.41. The van der Waals surface area contributed by atoms with Crippen LogP contribution in [0, 0.1) is 0 Å². The summed E-state index contributed by atoms with van der Waals surface area (Å²) in [6.07, 6.45) is 3.16. The summed E-state index contributed by atoms with van der Waals surface area (Å²) in [4.78, 5) is 14.2. The van der Waals surface area contributed by atoms with Crippen molar-refractivity contribution < 1.29 is 17.9 Å². The second-order valence-corrected chi connectivity index (χ2v) is 7.58. The first-order valence-corrected chi connectivity index (χ1v) is 9.14. The third kappa shape index (κ3) is 3.59. The number of likely N-dealkylation sites (tertiary alicyclic amines) is 1. The minimum Gasteiger partial charge on any atom is -0.381 e. The number of methoxy groups -OCH3 is 1. The molecule has 0 radical (unpaired) electrons. The van der Waals surface area contributed by atoms with Crippen molar-refractivity contribution in [3.63, 3.8) is 0 Å². The quantitative estimate of drug-likeness (QED) is 0.786. The number of halogens is 1. The summed E-state index contributed by atoms with van der Waals surface area (Å²) in [5, 5.41) is 0. The second-order valence-electron chi connectivity index (χ2n) is 5.01. The van der Waals surface area contributed by atoms with Crippen molar-refractivity contribution in [2.75, 3.05) is 20.2 Å². The molecule has 0 atom stereocenters. The van der Waals surface area contributed by atoms with Gasteiger partial charge in [0.1, 0.15) is 10.6 Å². The molecule has 0 spiro atoms. The van der Waals surface area contributed by atoms with E-state index in [1.165, 1.54) is 12.3 Å². The normalized spacial score (nSPS) is 17.2. The summed E-state index contributed by atoms with van der Waals surface area (Å²) in [7, 11) is 3.18. The number of carbonyl (C=O) groups excluding carboxylic acids is 1. The third-order valence-electron chi connectivity index (χ3n) is 3.78. The van der Waals surface area contributed by atoms with Crippen LogP contribution in [0.1, 0.15) is 30.3 Å². The van der Waals surface area contributed by atoms with E-state index in [4.69, 9.17) is 15.4 Å². The minimum absolute atomic E-state index is 0.0406. The molecule has 2 rings (SSSR count). The zero-order valence-corrected chi connectivity index (χ0v) is 13.7. The molecule has 8 heteroatoms. The van der Waals surface area contributed by atoms with Gasteiger partial charge in [0.15, 0.2) is 0 Å². The fourth-order valence-corrected chi connectivity index (χ4v) is 3.27. The molecule has 21 heavy (non-hydrogen) atoms. The fourth-order valence-electron chi connectivity index (χ4n) is 2.51. The van der Waals surface area contributed by atoms with Gasteiger partial charge in [-0.1, -0.05) is 0 Å². The molecule has 1 saturated heterocycles. The van der Waals surface area contributed by atoms with E-state index in [0.29, 0.717) is 25.3 Å². The van der Waals surface area contributed by atoms with Crippen LogP contribution in [0.5, 0.6) is 0 Å². The molecule has 1 aliphatic heterocycles. The molecule has 0 N–H and O–H groups in total. The van der Waals surface area contributed by atoms with Crippen LogP contribution >= 0.6 is 10.7 Å². The molecule has 2 heterocycles. The Morgan fingerprint density at radius 3 is 2.52 bits per heavy atom.